The van der Waals surface area contributed by atoms with Crippen molar-refractivity contribution in [2.75, 3.05) is 0 Å². The van der Waals surface area contributed by atoms with E-state index in [1.54, 1.807) is 0 Å². The zero-order valence-electron chi connectivity index (χ0n) is 21.6. The van der Waals surface area contributed by atoms with Crippen LogP contribution in [0.2, 0.25) is 0 Å². The van der Waals surface area contributed by atoms with Crippen LogP contribution in [0.4, 0.5) is 0 Å². The summed E-state index contributed by atoms with van der Waals surface area (Å²) in [6, 6.07) is 17.0. The first-order chi connectivity index (χ1) is 16.0. The molecule has 0 saturated heterocycles. The minimum atomic E-state index is -3.77. The largest absolute Gasteiger partial charge is 2.00 e. The molecule has 3 aromatic carbocycles. The molecule has 5 nitrogen and oxygen atoms in total. The summed E-state index contributed by atoms with van der Waals surface area (Å²) in [5, 5.41) is 5.98. The molecule has 0 saturated carbocycles. The second-order valence-corrected chi connectivity index (χ2v) is 16.8. The first-order valence-electron chi connectivity index (χ1n) is 10.3. The van der Waals surface area contributed by atoms with Crippen molar-refractivity contribution >= 4 is 80.2 Å². The predicted molar refractivity (Wildman–Crippen MR) is 155 cm³/mol. The number of halogens is 6. The number of rotatable bonds is 4. The van der Waals surface area contributed by atoms with E-state index in [-0.39, 0.29) is 47.9 Å². The van der Waals surface area contributed by atoms with E-state index in [9.17, 15) is 14.2 Å². The minimum Gasteiger partial charge on any atom is -1.00 e. The zero-order valence-corrected chi connectivity index (χ0v) is 29.4. The fourth-order valence-electron chi connectivity index (χ4n) is 2.93. The number of phenols is 1. The monoisotopic (exact) mass is 692 g/mol. The Balaban J connectivity index is -0.000000604. The number of aryl methyl sites for hydroxylation is 6. The van der Waals surface area contributed by atoms with Gasteiger partial charge in [-0.3, -0.25) is 4.57 Å². The molecule has 0 heterocycles. The maximum absolute atomic E-state index is 12.5. The Morgan fingerprint density at radius 2 is 0.789 bits per heavy atom. The maximum atomic E-state index is 12.5. The van der Waals surface area contributed by atoms with E-state index >= 15 is 0 Å². The normalized spacial score (nSPS) is 10.1. The second-order valence-electron chi connectivity index (χ2n) is 7.69. The van der Waals surface area contributed by atoms with Gasteiger partial charge in [-0.25, -0.2) is 4.57 Å². The van der Waals surface area contributed by atoms with Crippen molar-refractivity contribution in [2.24, 2.45) is 0 Å². The van der Waals surface area contributed by atoms with Crippen molar-refractivity contribution in [2.45, 2.75) is 41.5 Å². The molecule has 0 aliphatic rings. The van der Waals surface area contributed by atoms with E-state index in [1.165, 1.54) is 0 Å². The van der Waals surface area contributed by atoms with Crippen molar-refractivity contribution in [3.8, 4) is 17.2 Å². The van der Waals surface area contributed by atoms with E-state index in [4.69, 9.17) is 20.3 Å². The Bertz CT molecular complexity index is 1130. The van der Waals surface area contributed by atoms with Crippen LogP contribution in [0.15, 0.2) is 54.6 Å². The summed E-state index contributed by atoms with van der Waals surface area (Å²) in [4.78, 5) is 0. The molecule has 0 atom stereocenters. The van der Waals surface area contributed by atoms with Gasteiger partial charge < -0.3 is 39.0 Å². The van der Waals surface area contributed by atoms with Gasteiger partial charge in [0.05, 0.1) is 0 Å². The number of para-hydroxylation sites is 3. The molecule has 0 aromatic heterocycles. The third-order valence-electron chi connectivity index (χ3n) is 4.66. The molecule has 0 aliphatic carbocycles. The molecule has 1 N–H and O–H groups in total. The number of hydrogen-bond donors (Lipinski definition) is 1. The molecule has 14 heteroatoms. The molecule has 0 bridgehead atoms. The number of hydrogen-bond acceptors (Lipinski definition) is 5. The van der Waals surface area contributed by atoms with Crippen molar-refractivity contribution in [3.05, 3.63) is 88.0 Å². The summed E-state index contributed by atoms with van der Waals surface area (Å²) < 4.78 is 32.9. The molecule has 3 aromatic rings. The van der Waals surface area contributed by atoms with Crippen molar-refractivity contribution in [1.82, 2.24) is 0 Å². The van der Waals surface area contributed by atoms with Crippen LogP contribution in [0, 0.1) is 41.5 Å². The minimum absolute atomic E-state index is 0. The Labute approximate surface area is 272 Å². The Hall–Kier alpha value is 0.0262. The molecule has 0 spiro atoms. The van der Waals surface area contributed by atoms with Gasteiger partial charge in [0.1, 0.15) is 17.2 Å². The van der Waals surface area contributed by atoms with Crippen LogP contribution >= 0.6 is 57.1 Å². The Morgan fingerprint density at radius 3 is 1.00 bits per heavy atom. The first kappa shape index (κ1) is 42.5. The van der Waals surface area contributed by atoms with Gasteiger partial charge in [-0.1, -0.05) is 54.6 Å². The van der Waals surface area contributed by atoms with Gasteiger partial charge in [-0.15, -0.1) is 0 Å². The summed E-state index contributed by atoms with van der Waals surface area (Å²) >= 11 is 19.9. The van der Waals surface area contributed by atoms with Crippen LogP contribution in [-0.4, -0.2) is 28.2 Å². The molecular formula is C24H28Cl6MgO5P2. The van der Waals surface area contributed by atoms with Gasteiger partial charge in [0.15, 0.2) is 0 Å². The van der Waals surface area contributed by atoms with Crippen molar-refractivity contribution in [3.63, 3.8) is 0 Å². The molecule has 0 amide bonds. The predicted octanol–water partition coefficient (Wildman–Crippen LogP) is 4.17. The topological polar surface area (TPSA) is 72.8 Å². The fourth-order valence-corrected chi connectivity index (χ4v) is 4.39. The number of benzene rings is 3. The van der Waals surface area contributed by atoms with Gasteiger partial charge in [0.2, 0.25) is 0 Å². The molecule has 0 aliphatic heterocycles. The summed E-state index contributed by atoms with van der Waals surface area (Å²) in [5.74, 6) is 1.42. The van der Waals surface area contributed by atoms with E-state index in [1.807, 2.05) is 96.1 Å². The SMILES string of the molecule is Cc1cccc(C)c1O.Cc1cccc(C)c1OP(=O)(Cl)Oc1c(C)cccc1C.O=P(Cl)(Cl)Cl.[Cl-].[Cl-].[Mg+2]. The molecule has 0 fully saturated rings. The molecule has 3 rings (SSSR count). The van der Waals surface area contributed by atoms with Gasteiger partial charge in [-0.05, 0) is 109 Å². The fraction of sp³-hybridized carbons (Fsp3) is 0.250. The van der Waals surface area contributed by atoms with Crippen LogP contribution in [0.3, 0.4) is 0 Å². The third kappa shape index (κ3) is 16.3. The summed E-state index contributed by atoms with van der Waals surface area (Å²) in [7, 11) is 0. The average Bonchev–Trinajstić information content (AvgIpc) is 2.71. The van der Waals surface area contributed by atoms with E-state index in [2.05, 4.69) is 33.7 Å². The van der Waals surface area contributed by atoms with Crippen LogP contribution in [0.5, 0.6) is 17.2 Å². The summed E-state index contributed by atoms with van der Waals surface area (Å²) in [5.41, 5.74) is 5.33. The van der Waals surface area contributed by atoms with E-state index in [0.717, 1.165) is 33.4 Å². The molecule has 38 heavy (non-hydrogen) atoms. The van der Waals surface area contributed by atoms with Gasteiger partial charge in [0, 0.05) is 11.2 Å². The van der Waals surface area contributed by atoms with Crippen molar-refractivity contribution in [1.29, 1.82) is 0 Å². The third-order valence-corrected chi connectivity index (χ3v) is 5.87. The molecule has 208 valence electrons. The number of phenolic OH excluding ortho intramolecular Hbond substituents is 1. The van der Waals surface area contributed by atoms with E-state index < -0.39 is 12.1 Å². The standard InChI is InChI=1S/C16H18ClO3P.C8H10O.Cl3OP.2ClH.Mg/c1-11-7-5-8-12(2)15(11)19-21(17,18)20-16-13(3)9-6-10-14(16)4;1-6-4-3-5-7(2)8(6)9;1-5(2,3)4;;;/h5-10H,1-4H3;3-5,9H,1-2H3;;2*1H;/q;;;;;+2/p-2. The summed E-state index contributed by atoms with van der Waals surface area (Å²) in [6.45, 7) is 7.50. The van der Waals surface area contributed by atoms with Crippen molar-refractivity contribution < 1.29 is 48.1 Å². The molecule has 0 unspecified atom stereocenters. The van der Waals surface area contributed by atoms with Gasteiger partial charge in [-0.2, -0.15) is 0 Å². The smallest absolute Gasteiger partial charge is 1.00 e. The first-order valence-corrected chi connectivity index (χ1v) is 17.1. The summed E-state index contributed by atoms with van der Waals surface area (Å²) in [6.07, 6.45) is 0. The Morgan fingerprint density at radius 1 is 0.579 bits per heavy atom. The Kier molecular flexibility index (Phi) is 21.5. The average molecular weight is 695 g/mol. The van der Waals surface area contributed by atoms with Crippen LogP contribution < -0.4 is 33.9 Å². The van der Waals surface area contributed by atoms with Gasteiger partial charge >= 0.3 is 35.2 Å². The molecule has 0 radical (unpaired) electrons. The van der Waals surface area contributed by atoms with Crippen LogP contribution in [-0.2, 0) is 9.13 Å². The van der Waals surface area contributed by atoms with Crippen LogP contribution in [0.25, 0.3) is 0 Å². The number of aromatic hydroxyl groups is 1. The quantitative estimate of drug-likeness (QED) is 0.328. The maximum Gasteiger partial charge on any atom is 2.00 e. The van der Waals surface area contributed by atoms with Gasteiger partial charge in [0.25, 0.3) is 0 Å². The second kappa shape index (κ2) is 19.2. The van der Waals surface area contributed by atoms with Crippen LogP contribution in [0.1, 0.15) is 33.4 Å². The van der Waals surface area contributed by atoms with E-state index in [0.29, 0.717) is 17.2 Å². The zero-order chi connectivity index (χ0) is 27.0. The molecular weight excluding hydrogens is 667 g/mol.